The standard InChI is InChI=1S/C15H11N3.3C7H5ClO2.Eu.H2O/c1-3-10-16-12(6-1)14-8-5-9-15(18-14)13-7-2-4-11-17-13;3*8-6-3-1-5(2-4-6)7(9)10;;/h1-11H;3*1-4H,(H,9,10);;1H2/q;;;;+3;/p-2. The van der Waals surface area contributed by atoms with Crippen LogP contribution in [0.25, 0.3) is 22.8 Å². The van der Waals surface area contributed by atoms with Crippen LogP contribution in [0.1, 0.15) is 31.1 Å². The zero-order valence-corrected chi connectivity index (χ0v) is 30.4. The monoisotopic (exact) mass is 870 g/mol. The third-order valence-electron chi connectivity index (χ3n) is 5.84. The Labute approximate surface area is 343 Å². The summed E-state index contributed by atoms with van der Waals surface area (Å²) in [4.78, 5) is 43.7. The second-order valence-corrected chi connectivity index (χ2v) is 10.5. The van der Waals surface area contributed by atoms with Crippen molar-refractivity contribution in [3.8, 4) is 22.8 Å². The Morgan fingerprint density at radius 3 is 0.940 bits per heavy atom. The first-order valence-electron chi connectivity index (χ1n) is 13.7. The van der Waals surface area contributed by atoms with E-state index in [1.807, 2.05) is 54.6 Å². The van der Waals surface area contributed by atoms with E-state index in [1.54, 1.807) is 12.4 Å². The number of carboxylic acid groups (broad SMARTS) is 3. The fourth-order valence-corrected chi connectivity index (χ4v) is 3.88. The van der Waals surface area contributed by atoms with Crippen LogP contribution in [0.5, 0.6) is 0 Å². The van der Waals surface area contributed by atoms with Crippen LogP contribution >= 0.6 is 34.8 Å². The average molecular weight is 871 g/mol. The minimum absolute atomic E-state index is 0. The van der Waals surface area contributed by atoms with Crippen molar-refractivity contribution in [3.63, 3.8) is 0 Å². The van der Waals surface area contributed by atoms with E-state index in [-0.39, 0.29) is 71.5 Å². The van der Waals surface area contributed by atoms with Crippen molar-refractivity contribution >= 4 is 52.7 Å². The van der Waals surface area contributed by atoms with Crippen LogP contribution in [-0.4, -0.2) is 32.9 Å². The summed E-state index contributed by atoms with van der Waals surface area (Å²) in [7, 11) is 0. The first-order chi connectivity index (χ1) is 23.0. The van der Waals surface area contributed by atoms with Crippen molar-refractivity contribution in [2.24, 2.45) is 0 Å². The predicted molar refractivity (Wildman–Crippen MR) is 183 cm³/mol. The van der Waals surface area contributed by atoms with Crippen LogP contribution in [0, 0.1) is 49.4 Å². The van der Waals surface area contributed by atoms with E-state index in [2.05, 4.69) is 15.0 Å². The summed E-state index contributed by atoms with van der Waals surface area (Å²) < 4.78 is 0. The van der Waals surface area contributed by atoms with Gasteiger partial charge < -0.3 is 35.2 Å². The van der Waals surface area contributed by atoms with Crippen molar-refractivity contribution in [2.45, 2.75) is 0 Å². The van der Waals surface area contributed by atoms with Crippen LogP contribution in [0.3, 0.4) is 0 Å². The Morgan fingerprint density at radius 2 is 0.700 bits per heavy atom. The molecule has 0 saturated heterocycles. The van der Waals surface area contributed by atoms with Gasteiger partial charge in [-0.2, -0.15) is 0 Å². The van der Waals surface area contributed by atoms with Crippen molar-refractivity contribution < 1.29 is 84.6 Å². The van der Waals surface area contributed by atoms with E-state index >= 15 is 0 Å². The molecule has 0 unspecified atom stereocenters. The number of carbonyl (C=O) groups is 3. The Kier molecular flexibility index (Phi) is 20.5. The molecule has 6 aromatic rings. The topological polar surface area (TPSA) is 192 Å². The molecule has 3 heterocycles. The molecule has 0 fully saturated rings. The summed E-state index contributed by atoms with van der Waals surface area (Å²) in [5.74, 6) is -3.55. The van der Waals surface area contributed by atoms with Crippen molar-refractivity contribution in [2.75, 3.05) is 0 Å². The molecule has 3 aromatic carbocycles. The number of hydrogen-bond donors (Lipinski definition) is 0. The van der Waals surface area contributed by atoms with Gasteiger partial charge in [0.15, 0.2) is 0 Å². The predicted octanol–water partition coefficient (Wildman–Crippen LogP) is 4.39. The molecule has 0 aliphatic carbocycles. The average Bonchev–Trinajstić information content (AvgIpc) is 3.10. The van der Waals surface area contributed by atoms with Crippen LogP contribution in [0.2, 0.25) is 15.1 Å². The van der Waals surface area contributed by atoms with Gasteiger partial charge in [0.1, 0.15) is 0 Å². The molecule has 10 nitrogen and oxygen atoms in total. The van der Waals surface area contributed by atoms with Gasteiger partial charge in [0.05, 0.1) is 40.7 Å². The molecule has 3 aromatic heterocycles. The maximum Gasteiger partial charge on any atom is 3.00 e. The molecule has 0 spiro atoms. The summed E-state index contributed by atoms with van der Waals surface area (Å²) in [5.41, 5.74) is 3.89. The number of carbonyl (C=O) groups excluding carboxylic acids is 3. The molecule has 14 heteroatoms. The number of nitrogens with zero attached hydrogens (tertiary/aromatic N) is 3. The SMILES string of the molecule is O=C([O-])c1ccc(Cl)cc1.O=C([O-])c1ccc(Cl)cc1.O=C([O-])c1ccc(Cl)cc1.[Eu+3].[OH3+].c1ccc(-c2cccc(-c3ccccn3)n2)nc1. The molecule has 0 aliphatic heterocycles. The number of rotatable bonds is 5. The van der Waals surface area contributed by atoms with E-state index in [9.17, 15) is 29.7 Å². The van der Waals surface area contributed by atoms with Gasteiger partial charge in [-0.15, -0.1) is 0 Å². The van der Waals surface area contributed by atoms with Crippen LogP contribution < -0.4 is 15.3 Å². The molecule has 0 saturated carbocycles. The zero-order valence-electron chi connectivity index (χ0n) is 25.7. The van der Waals surface area contributed by atoms with Gasteiger partial charge in [-0.1, -0.05) is 89.4 Å². The van der Waals surface area contributed by atoms with Gasteiger partial charge in [0.25, 0.3) is 0 Å². The fraction of sp³-hybridized carbons (Fsp3) is 0. The second kappa shape index (κ2) is 23.4. The molecule has 50 heavy (non-hydrogen) atoms. The van der Waals surface area contributed by atoms with Gasteiger partial charge in [0.2, 0.25) is 0 Å². The molecule has 0 bridgehead atoms. The smallest absolute Gasteiger partial charge is 0.545 e. The maximum absolute atomic E-state index is 10.2. The number of aromatic nitrogens is 3. The van der Waals surface area contributed by atoms with E-state index in [4.69, 9.17) is 34.8 Å². The molecular weight excluding hydrogens is 845 g/mol. The van der Waals surface area contributed by atoms with Crippen molar-refractivity contribution in [1.82, 2.24) is 15.0 Å². The summed E-state index contributed by atoms with van der Waals surface area (Å²) in [6, 6.07) is 34.9. The molecule has 3 N–H and O–H groups in total. The summed E-state index contributed by atoms with van der Waals surface area (Å²) in [6.07, 6.45) is 3.54. The summed E-state index contributed by atoms with van der Waals surface area (Å²) in [5, 5.41) is 32.0. The first kappa shape index (κ1) is 44.0. The molecule has 254 valence electrons. The van der Waals surface area contributed by atoms with Gasteiger partial charge in [-0.05, 0) is 89.5 Å². The quantitative estimate of drug-likeness (QED) is 0.226. The largest absolute Gasteiger partial charge is 3.00 e. The van der Waals surface area contributed by atoms with Crippen LogP contribution in [0.4, 0.5) is 0 Å². The molecular formula is C36H26Cl3EuN3O7+. The third kappa shape index (κ3) is 15.7. The molecule has 6 rings (SSSR count). The van der Waals surface area contributed by atoms with Gasteiger partial charge in [0, 0.05) is 27.5 Å². The summed E-state index contributed by atoms with van der Waals surface area (Å²) in [6.45, 7) is 0. The van der Waals surface area contributed by atoms with E-state index < -0.39 is 17.9 Å². The Morgan fingerprint density at radius 1 is 0.420 bits per heavy atom. The van der Waals surface area contributed by atoms with E-state index in [1.165, 1.54) is 72.8 Å². The van der Waals surface area contributed by atoms with Crippen molar-refractivity contribution in [1.29, 1.82) is 0 Å². The molecule has 0 radical (unpaired) electrons. The maximum atomic E-state index is 10.2. The molecule has 0 amide bonds. The van der Waals surface area contributed by atoms with Crippen LogP contribution in [-0.2, 0) is 5.48 Å². The summed E-state index contributed by atoms with van der Waals surface area (Å²) >= 11 is 16.5. The number of carboxylic acids is 3. The van der Waals surface area contributed by atoms with E-state index in [0.29, 0.717) is 15.1 Å². The number of benzene rings is 3. The number of hydrogen-bond acceptors (Lipinski definition) is 9. The number of pyridine rings is 3. The number of aromatic carboxylic acids is 3. The first-order valence-corrected chi connectivity index (χ1v) is 14.9. The Balaban J connectivity index is 0.000000344. The minimum atomic E-state index is -1.18. The normalized spacial score (nSPS) is 9.26. The molecule has 0 aliphatic rings. The minimum Gasteiger partial charge on any atom is -0.545 e. The van der Waals surface area contributed by atoms with Crippen LogP contribution in [0.15, 0.2) is 140 Å². The van der Waals surface area contributed by atoms with E-state index in [0.717, 1.165) is 22.8 Å². The molecule has 0 atom stereocenters. The van der Waals surface area contributed by atoms with Gasteiger partial charge in [-0.25, -0.2) is 4.98 Å². The number of halogens is 3. The fourth-order valence-electron chi connectivity index (χ4n) is 3.51. The second-order valence-electron chi connectivity index (χ2n) is 9.22. The van der Waals surface area contributed by atoms with Gasteiger partial charge >= 0.3 is 49.4 Å². The Hall–Kier alpha value is -4.07. The Bertz CT molecular complexity index is 1730. The van der Waals surface area contributed by atoms with Crippen molar-refractivity contribution in [3.05, 3.63) is 172 Å². The third-order valence-corrected chi connectivity index (χ3v) is 6.60. The zero-order chi connectivity index (χ0) is 34.9. The van der Waals surface area contributed by atoms with Gasteiger partial charge in [-0.3, -0.25) is 9.97 Å².